The van der Waals surface area contributed by atoms with Crippen molar-refractivity contribution in [3.8, 4) is 5.75 Å². The lowest BCUT2D eigenvalue weighted by Crippen LogP contribution is -2.10. The van der Waals surface area contributed by atoms with E-state index in [9.17, 15) is 13.0 Å². The lowest BCUT2D eigenvalue weighted by molar-refractivity contribution is 0.347. The molecule has 1 aromatic rings. The highest BCUT2D eigenvalue weighted by molar-refractivity contribution is 7.85. The average Bonchev–Trinajstić information content (AvgIpc) is 2.02. The minimum atomic E-state index is -4.30. The van der Waals surface area contributed by atoms with Crippen molar-refractivity contribution in [2.75, 3.05) is 5.94 Å². The van der Waals surface area contributed by atoms with Gasteiger partial charge in [-0.2, -0.15) is 0 Å². The van der Waals surface area contributed by atoms with Crippen molar-refractivity contribution in [2.24, 2.45) is 0 Å². The zero-order valence-corrected chi connectivity index (χ0v) is 7.87. The molecule has 0 amide bonds. The number of hydrogen-bond acceptors (Lipinski definition) is 4. The molecule has 5 heteroatoms. The highest BCUT2D eigenvalue weighted by Crippen LogP contribution is 2.11. The number of benzene rings is 1. The van der Waals surface area contributed by atoms with E-state index >= 15 is 0 Å². The molecular formula is C8H9O4S-. The van der Waals surface area contributed by atoms with Crippen LogP contribution in [0.3, 0.4) is 0 Å². The molecule has 0 heterocycles. The van der Waals surface area contributed by atoms with Crippen LogP contribution >= 0.6 is 0 Å². The van der Waals surface area contributed by atoms with Gasteiger partial charge in [0, 0.05) is 0 Å². The van der Waals surface area contributed by atoms with E-state index in [0.29, 0.717) is 5.75 Å². The second kappa shape index (κ2) is 3.76. The lowest BCUT2D eigenvalue weighted by atomic mass is 10.2. The maximum Gasteiger partial charge on any atom is 0.177 e. The van der Waals surface area contributed by atoms with Crippen LogP contribution in [-0.2, 0) is 10.1 Å². The molecule has 0 aliphatic rings. The van der Waals surface area contributed by atoms with Crippen LogP contribution in [-0.4, -0.2) is 18.9 Å². The normalized spacial score (nSPS) is 11.2. The minimum absolute atomic E-state index is 0.380. The van der Waals surface area contributed by atoms with Crippen LogP contribution in [0.25, 0.3) is 0 Å². The highest BCUT2D eigenvalue weighted by Gasteiger charge is 1.96. The molecule has 0 aromatic heterocycles. The average molecular weight is 201 g/mol. The summed E-state index contributed by atoms with van der Waals surface area (Å²) < 4.78 is 35.3. The van der Waals surface area contributed by atoms with Gasteiger partial charge >= 0.3 is 0 Å². The molecule has 13 heavy (non-hydrogen) atoms. The number of rotatable bonds is 3. The first-order valence-corrected chi connectivity index (χ1v) is 5.18. The van der Waals surface area contributed by atoms with E-state index in [4.69, 9.17) is 4.74 Å². The third-order valence-electron chi connectivity index (χ3n) is 1.39. The quantitative estimate of drug-likeness (QED) is 0.681. The molecule has 0 N–H and O–H groups in total. The Hall–Kier alpha value is -1.07. The Balaban J connectivity index is 2.61. The maximum absolute atomic E-state index is 10.2. The summed E-state index contributed by atoms with van der Waals surface area (Å²) in [5, 5.41) is 0. The van der Waals surface area contributed by atoms with Gasteiger partial charge in [0.15, 0.2) is 5.94 Å². The molecule has 72 valence electrons. The van der Waals surface area contributed by atoms with Gasteiger partial charge in [-0.05, 0) is 19.1 Å². The summed E-state index contributed by atoms with van der Waals surface area (Å²) >= 11 is 0. The number of ether oxygens (including phenoxy) is 1. The van der Waals surface area contributed by atoms with E-state index in [1.807, 2.05) is 6.92 Å². The molecule has 0 spiro atoms. The molecule has 0 saturated carbocycles. The third kappa shape index (κ3) is 3.91. The third-order valence-corrected chi connectivity index (χ3v) is 1.80. The van der Waals surface area contributed by atoms with Crippen LogP contribution in [0.1, 0.15) is 5.56 Å². The van der Waals surface area contributed by atoms with Gasteiger partial charge in [-0.1, -0.05) is 17.7 Å². The molecule has 0 radical (unpaired) electrons. The largest absolute Gasteiger partial charge is 0.745 e. The maximum atomic E-state index is 10.2. The molecule has 4 nitrogen and oxygen atoms in total. The van der Waals surface area contributed by atoms with Crippen LogP contribution in [0.4, 0.5) is 0 Å². The van der Waals surface area contributed by atoms with Crippen LogP contribution in [0.5, 0.6) is 5.75 Å². The van der Waals surface area contributed by atoms with Gasteiger partial charge in [-0.25, -0.2) is 8.42 Å². The van der Waals surface area contributed by atoms with Gasteiger partial charge < -0.3 is 9.29 Å². The fourth-order valence-corrected chi connectivity index (χ4v) is 1.06. The van der Waals surface area contributed by atoms with E-state index in [1.165, 1.54) is 0 Å². The molecule has 0 saturated heterocycles. The Morgan fingerprint density at radius 3 is 2.31 bits per heavy atom. The number of aryl methyl sites for hydroxylation is 1. The summed E-state index contributed by atoms with van der Waals surface area (Å²) in [6.07, 6.45) is 0. The Labute approximate surface area is 76.9 Å². The Morgan fingerprint density at radius 2 is 1.85 bits per heavy atom. The predicted molar refractivity (Wildman–Crippen MR) is 46.4 cm³/mol. The summed E-state index contributed by atoms with van der Waals surface area (Å²) in [6, 6.07) is 6.76. The van der Waals surface area contributed by atoms with E-state index < -0.39 is 16.1 Å². The summed E-state index contributed by atoms with van der Waals surface area (Å²) in [6.45, 7) is 1.90. The SMILES string of the molecule is Cc1ccc(OCS(=O)(=O)[O-])cc1. The van der Waals surface area contributed by atoms with Crippen LogP contribution in [0.2, 0.25) is 0 Å². The van der Waals surface area contributed by atoms with Crippen molar-refractivity contribution >= 4 is 10.1 Å². The molecule has 0 unspecified atom stereocenters. The first kappa shape index (κ1) is 10.0. The Bertz CT molecular complexity index is 366. The molecular weight excluding hydrogens is 192 g/mol. The monoisotopic (exact) mass is 201 g/mol. The second-order valence-electron chi connectivity index (χ2n) is 2.63. The predicted octanol–water partition coefficient (Wildman–Crippen LogP) is 0.877. The minimum Gasteiger partial charge on any atom is -0.745 e. The smallest absolute Gasteiger partial charge is 0.177 e. The summed E-state index contributed by atoms with van der Waals surface area (Å²) in [5.74, 6) is -0.444. The number of hydrogen-bond donors (Lipinski definition) is 0. The summed E-state index contributed by atoms with van der Waals surface area (Å²) in [4.78, 5) is 0. The fraction of sp³-hybridized carbons (Fsp3) is 0.250. The molecule has 0 atom stereocenters. The van der Waals surface area contributed by atoms with Crippen molar-refractivity contribution in [1.82, 2.24) is 0 Å². The topological polar surface area (TPSA) is 66.4 Å². The molecule has 0 fully saturated rings. The molecule has 0 aliphatic heterocycles. The van der Waals surface area contributed by atoms with E-state index in [1.54, 1.807) is 24.3 Å². The zero-order chi connectivity index (χ0) is 9.90. The second-order valence-corrected chi connectivity index (χ2v) is 3.98. The van der Waals surface area contributed by atoms with Crippen molar-refractivity contribution in [3.63, 3.8) is 0 Å². The van der Waals surface area contributed by atoms with Crippen LogP contribution in [0.15, 0.2) is 24.3 Å². The summed E-state index contributed by atoms with van der Waals surface area (Å²) in [7, 11) is -4.30. The van der Waals surface area contributed by atoms with Gasteiger partial charge in [0.05, 0.1) is 0 Å². The van der Waals surface area contributed by atoms with E-state index in [2.05, 4.69) is 0 Å². The first-order valence-electron chi connectivity index (χ1n) is 3.60. The van der Waals surface area contributed by atoms with Gasteiger partial charge in [-0.3, -0.25) is 0 Å². The van der Waals surface area contributed by atoms with E-state index in [0.717, 1.165) is 5.56 Å². The lowest BCUT2D eigenvalue weighted by Gasteiger charge is -2.08. The Kier molecular flexibility index (Phi) is 2.90. The van der Waals surface area contributed by atoms with Crippen molar-refractivity contribution < 1.29 is 17.7 Å². The van der Waals surface area contributed by atoms with Gasteiger partial charge in [0.1, 0.15) is 15.9 Å². The highest BCUT2D eigenvalue weighted by atomic mass is 32.2. The molecule has 1 rings (SSSR count). The molecule has 0 bridgehead atoms. The van der Waals surface area contributed by atoms with Gasteiger partial charge in [-0.15, -0.1) is 0 Å². The fourth-order valence-electron chi connectivity index (χ4n) is 0.775. The Morgan fingerprint density at radius 1 is 1.31 bits per heavy atom. The van der Waals surface area contributed by atoms with Gasteiger partial charge in [0.25, 0.3) is 0 Å². The zero-order valence-electron chi connectivity index (χ0n) is 7.06. The van der Waals surface area contributed by atoms with Crippen LogP contribution < -0.4 is 4.74 Å². The summed E-state index contributed by atoms with van der Waals surface area (Å²) in [5.41, 5.74) is 1.04. The molecule has 0 aliphatic carbocycles. The van der Waals surface area contributed by atoms with Crippen molar-refractivity contribution in [2.45, 2.75) is 6.92 Å². The van der Waals surface area contributed by atoms with Gasteiger partial charge in [0.2, 0.25) is 0 Å². The van der Waals surface area contributed by atoms with E-state index in [-0.39, 0.29) is 0 Å². The van der Waals surface area contributed by atoms with Crippen LogP contribution in [0, 0.1) is 6.92 Å². The van der Waals surface area contributed by atoms with Crippen molar-refractivity contribution in [1.29, 1.82) is 0 Å². The van der Waals surface area contributed by atoms with Crippen molar-refractivity contribution in [3.05, 3.63) is 29.8 Å². The molecule has 1 aromatic carbocycles. The first-order chi connectivity index (χ1) is 5.97. The standard InChI is InChI=1S/C8H10O4S/c1-7-2-4-8(5-3-7)12-6-13(9,10)11/h2-5H,6H2,1H3,(H,9,10,11)/p-1.